The van der Waals surface area contributed by atoms with E-state index in [1.54, 1.807) is 13.0 Å². The zero-order chi connectivity index (χ0) is 7.28. The van der Waals surface area contributed by atoms with Crippen molar-refractivity contribution in [2.75, 3.05) is 7.05 Å². The smallest absolute Gasteiger partial charge is 0.176 e. The Labute approximate surface area is 54.0 Å². The van der Waals surface area contributed by atoms with Gasteiger partial charge in [0.25, 0.3) is 0 Å². The highest BCUT2D eigenvalue weighted by molar-refractivity contribution is 6.09. The molecule has 0 bridgehead atoms. The Balaban J connectivity index is 4.39. The largest absolute Gasteiger partial charge is 0.505 e. The zero-order valence-corrected chi connectivity index (χ0v) is 5.42. The van der Waals surface area contributed by atoms with Gasteiger partial charge in [0.1, 0.15) is 11.8 Å². The van der Waals surface area contributed by atoms with E-state index in [0.717, 1.165) is 0 Å². The average molecular weight is 124 g/mol. The lowest BCUT2D eigenvalue weighted by Crippen LogP contribution is -1.97. The topological polar surface area (TPSA) is 56.4 Å². The molecule has 0 amide bonds. The number of allylic oxidation sites excluding steroid dienone is 2. The summed E-state index contributed by atoms with van der Waals surface area (Å²) in [7, 11) is 1.46. The third-order valence-electron chi connectivity index (χ3n) is 0.846. The van der Waals surface area contributed by atoms with Gasteiger partial charge in [-0.2, -0.15) is 5.26 Å². The van der Waals surface area contributed by atoms with Crippen LogP contribution in [0.25, 0.3) is 0 Å². The second-order valence-electron chi connectivity index (χ2n) is 1.36. The number of hydrogen-bond donors (Lipinski definition) is 1. The van der Waals surface area contributed by atoms with Crippen LogP contribution in [-0.2, 0) is 0 Å². The molecule has 0 aliphatic carbocycles. The van der Waals surface area contributed by atoms with Crippen LogP contribution in [0.5, 0.6) is 0 Å². The molecule has 0 aromatic rings. The van der Waals surface area contributed by atoms with Crippen molar-refractivity contribution in [2.24, 2.45) is 4.99 Å². The van der Waals surface area contributed by atoms with Gasteiger partial charge in [-0.25, -0.2) is 0 Å². The van der Waals surface area contributed by atoms with E-state index in [1.807, 2.05) is 0 Å². The summed E-state index contributed by atoms with van der Waals surface area (Å²) in [6, 6.07) is 1.73. The molecule has 0 unspecified atom stereocenters. The fraction of sp³-hybridized carbons (Fsp3) is 0.333. The van der Waals surface area contributed by atoms with Crippen molar-refractivity contribution in [2.45, 2.75) is 6.92 Å². The van der Waals surface area contributed by atoms with Crippen molar-refractivity contribution in [3.63, 3.8) is 0 Å². The summed E-state index contributed by atoms with van der Waals surface area (Å²) in [5.74, 6) is -0.0694. The molecule has 0 aliphatic heterocycles. The predicted octanol–water partition coefficient (Wildman–Crippen LogP) is 1.04. The normalized spacial score (nSPS) is 13.0. The molecule has 0 radical (unpaired) electrons. The van der Waals surface area contributed by atoms with E-state index in [-0.39, 0.29) is 11.5 Å². The first kappa shape index (κ1) is 7.70. The van der Waals surface area contributed by atoms with Gasteiger partial charge in [0.05, 0.1) is 0 Å². The Morgan fingerprint density at radius 1 is 1.78 bits per heavy atom. The Morgan fingerprint density at radius 3 is 2.44 bits per heavy atom. The highest BCUT2D eigenvalue weighted by atomic mass is 16.3. The molecule has 0 saturated carbocycles. The SMILES string of the molecule is C/C=C(O)\C(C#N)=N/C. The van der Waals surface area contributed by atoms with Gasteiger partial charge in [0.15, 0.2) is 5.71 Å². The Bertz CT molecular complexity index is 186. The fourth-order valence-corrected chi connectivity index (χ4v) is 0.359. The van der Waals surface area contributed by atoms with Crippen LogP contribution < -0.4 is 0 Å². The van der Waals surface area contributed by atoms with Crippen LogP contribution >= 0.6 is 0 Å². The number of aliphatic hydroxyl groups is 1. The molecular formula is C6H8N2O. The summed E-state index contributed by atoms with van der Waals surface area (Å²) < 4.78 is 0. The van der Waals surface area contributed by atoms with E-state index in [2.05, 4.69) is 4.99 Å². The summed E-state index contributed by atoms with van der Waals surface area (Å²) in [6.07, 6.45) is 1.42. The molecule has 0 fully saturated rings. The first-order valence-corrected chi connectivity index (χ1v) is 2.48. The van der Waals surface area contributed by atoms with Gasteiger partial charge in [0.2, 0.25) is 0 Å². The van der Waals surface area contributed by atoms with Crippen LogP contribution in [0.4, 0.5) is 0 Å². The van der Waals surface area contributed by atoms with Crippen molar-refractivity contribution in [3.05, 3.63) is 11.8 Å². The van der Waals surface area contributed by atoms with Crippen LogP contribution in [0.1, 0.15) is 6.92 Å². The van der Waals surface area contributed by atoms with Crippen LogP contribution in [0.15, 0.2) is 16.8 Å². The van der Waals surface area contributed by atoms with Gasteiger partial charge < -0.3 is 5.11 Å². The molecule has 3 heteroatoms. The molecule has 0 spiro atoms. The first-order chi connectivity index (χ1) is 4.26. The van der Waals surface area contributed by atoms with Crippen molar-refractivity contribution in [1.29, 1.82) is 5.26 Å². The molecule has 0 aromatic carbocycles. The maximum atomic E-state index is 8.83. The summed E-state index contributed by atoms with van der Waals surface area (Å²) in [5, 5.41) is 17.1. The van der Waals surface area contributed by atoms with Crippen molar-refractivity contribution in [3.8, 4) is 6.07 Å². The molecule has 0 saturated heterocycles. The highest BCUT2D eigenvalue weighted by Gasteiger charge is 1.98. The number of nitrogens with zero attached hydrogens (tertiary/aromatic N) is 2. The van der Waals surface area contributed by atoms with Gasteiger partial charge in [-0.1, -0.05) is 0 Å². The average Bonchev–Trinajstić information content (AvgIpc) is 1.90. The lowest BCUT2D eigenvalue weighted by atomic mass is 10.3. The second kappa shape index (κ2) is 3.67. The third-order valence-corrected chi connectivity index (χ3v) is 0.846. The van der Waals surface area contributed by atoms with E-state index < -0.39 is 0 Å². The molecule has 48 valence electrons. The summed E-state index contributed by atoms with van der Waals surface area (Å²) in [6.45, 7) is 1.64. The van der Waals surface area contributed by atoms with E-state index >= 15 is 0 Å². The van der Waals surface area contributed by atoms with Crippen LogP contribution in [-0.4, -0.2) is 17.9 Å². The highest BCUT2D eigenvalue weighted by Crippen LogP contribution is 1.90. The van der Waals surface area contributed by atoms with Crippen molar-refractivity contribution >= 4 is 5.71 Å². The first-order valence-electron chi connectivity index (χ1n) is 2.48. The second-order valence-corrected chi connectivity index (χ2v) is 1.36. The predicted molar refractivity (Wildman–Crippen MR) is 35.4 cm³/mol. The van der Waals surface area contributed by atoms with E-state index in [4.69, 9.17) is 10.4 Å². The molecule has 9 heavy (non-hydrogen) atoms. The molecule has 0 atom stereocenters. The Morgan fingerprint density at radius 2 is 2.33 bits per heavy atom. The van der Waals surface area contributed by atoms with Gasteiger partial charge >= 0.3 is 0 Å². The maximum absolute atomic E-state index is 8.83. The number of rotatable bonds is 1. The number of nitriles is 1. The standard InChI is InChI=1S/C6H8N2O/c1-3-6(9)5(4-7)8-2/h3,9H,1-2H3/b6-3+,8-5-. The minimum Gasteiger partial charge on any atom is -0.505 e. The molecule has 0 rings (SSSR count). The van der Waals surface area contributed by atoms with Crippen molar-refractivity contribution in [1.82, 2.24) is 0 Å². The van der Waals surface area contributed by atoms with E-state index in [1.165, 1.54) is 13.1 Å². The number of hydrogen-bond acceptors (Lipinski definition) is 3. The van der Waals surface area contributed by atoms with E-state index in [9.17, 15) is 0 Å². The van der Waals surface area contributed by atoms with Crippen LogP contribution in [0.3, 0.4) is 0 Å². The minimum absolute atomic E-state index is 0.0671. The van der Waals surface area contributed by atoms with Crippen LogP contribution in [0.2, 0.25) is 0 Å². The Kier molecular flexibility index (Phi) is 3.14. The third kappa shape index (κ3) is 1.96. The van der Waals surface area contributed by atoms with Crippen molar-refractivity contribution < 1.29 is 5.11 Å². The minimum atomic E-state index is -0.0694. The van der Waals surface area contributed by atoms with Gasteiger partial charge in [-0.15, -0.1) is 0 Å². The molecule has 3 nitrogen and oxygen atoms in total. The lowest BCUT2D eigenvalue weighted by Gasteiger charge is -1.89. The molecule has 0 aromatic heterocycles. The summed E-state index contributed by atoms with van der Waals surface area (Å²) >= 11 is 0. The Hall–Kier alpha value is -1.30. The molecule has 0 aliphatic rings. The lowest BCUT2D eigenvalue weighted by molar-refractivity contribution is 0.443. The van der Waals surface area contributed by atoms with Crippen LogP contribution in [0, 0.1) is 11.3 Å². The number of aliphatic hydroxyl groups excluding tert-OH is 1. The number of aliphatic imine (C=N–C) groups is 1. The quantitative estimate of drug-likeness (QED) is 0.419. The van der Waals surface area contributed by atoms with Gasteiger partial charge in [0, 0.05) is 7.05 Å². The summed E-state index contributed by atoms with van der Waals surface area (Å²) in [5.41, 5.74) is 0.0671. The van der Waals surface area contributed by atoms with Gasteiger partial charge in [-0.3, -0.25) is 4.99 Å². The molecular weight excluding hydrogens is 116 g/mol. The van der Waals surface area contributed by atoms with E-state index in [0.29, 0.717) is 0 Å². The fourth-order valence-electron chi connectivity index (χ4n) is 0.359. The maximum Gasteiger partial charge on any atom is 0.176 e. The molecule has 0 heterocycles. The molecule has 1 N–H and O–H groups in total. The van der Waals surface area contributed by atoms with Gasteiger partial charge in [-0.05, 0) is 13.0 Å². The zero-order valence-electron chi connectivity index (χ0n) is 5.42. The monoisotopic (exact) mass is 124 g/mol. The summed E-state index contributed by atoms with van der Waals surface area (Å²) in [4.78, 5) is 3.51.